The lowest BCUT2D eigenvalue weighted by Gasteiger charge is -2.44. The molecule has 0 aromatic heterocycles. The molecule has 1 aliphatic heterocycles. The summed E-state index contributed by atoms with van der Waals surface area (Å²) in [5.74, 6) is 0. The molecule has 0 amide bonds. The smallest absolute Gasteiger partial charge is 0.0150 e. The monoisotopic (exact) mass is 225 g/mol. The number of nitrogens with zero attached hydrogens (tertiary/aromatic N) is 1. The maximum absolute atomic E-state index is 2.78. The van der Waals surface area contributed by atoms with Crippen LogP contribution >= 0.6 is 0 Å². The highest BCUT2D eigenvalue weighted by Crippen LogP contribution is 2.43. The zero-order valence-corrected chi connectivity index (χ0v) is 12.6. The van der Waals surface area contributed by atoms with Crippen LogP contribution in [-0.4, -0.2) is 23.0 Å². The van der Waals surface area contributed by atoms with Crippen LogP contribution in [0.2, 0.25) is 0 Å². The Hall–Kier alpha value is -0.0400. The second-order valence-corrected chi connectivity index (χ2v) is 7.88. The molecule has 1 saturated heterocycles. The maximum Gasteiger partial charge on any atom is 0.0150 e. The van der Waals surface area contributed by atoms with Gasteiger partial charge in [0.25, 0.3) is 0 Å². The number of hydrogen-bond acceptors (Lipinski definition) is 1. The van der Waals surface area contributed by atoms with E-state index in [1.807, 2.05) is 0 Å². The molecule has 0 bridgehead atoms. The van der Waals surface area contributed by atoms with E-state index in [0.717, 1.165) is 12.1 Å². The van der Waals surface area contributed by atoms with E-state index < -0.39 is 0 Å². The third-order valence-electron chi connectivity index (χ3n) is 4.03. The van der Waals surface area contributed by atoms with Gasteiger partial charge in [-0.1, -0.05) is 41.5 Å². The van der Waals surface area contributed by atoms with Gasteiger partial charge in [0.2, 0.25) is 0 Å². The van der Waals surface area contributed by atoms with Crippen LogP contribution < -0.4 is 0 Å². The molecular weight excluding hydrogens is 194 g/mol. The lowest BCUT2D eigenvalue weighted by molar-refractivity contribution is 0.0342. The van der Waals surface area contributed by atoms with Gasteiger partial charge in [-0.25, -0.2) is 0 Å². The van der Waals surface area contributed by atoms with Gasteiger partial charge in [0, 0.05) is 18.1 Å². The molecule has 0 aromatic carbocycles. The van der Waals surface area contributed by atoms with E-state index in [2.05, 4.69) is 60.3 Å². The van der Waals surface area contributed by atoms with Crippen LogP contribution in [0.4, 0.5) is 0 Å². The molecule has 0 radical (unpaired) electrons. The minimum atomic E-state index is 0.407. The van der Waals surface area contributed by atoms with Crippen LogP contribution in [0.1, 0.15) is 68.2 Å². The van der Waals surface area contributed by atoms with E-state index in [-0.39, 0.29) is 0 Å². The molecule has 0 aliphatic carbocycles. The third-order valence-corrected chi connectivity index (χ3v) is 4.03. The van der Waals surface area contributed by atoms with Crippen molar-refractivity contribution in [1.82, 2.24) is 4.90 Å². The maximum atomic E-state index is 2.78. The molecule has 0 saturated carbocycles. The summed E-state index contributed by atoms with van der Waals surface area (Å²) in [5, 5.41) is 0. The van der Waals surface area contributed by atoms with E-state index in [9.17, 15) is 0 Å². The first-order valence-electron chi connectivity index (χ1n) is 6.82. The van der Waals surface area contributed by atoms with E-state index in [1.165, 1.54) is 12.8 Å². The topological polar surface area (TPSA) is 3.24 Å². The van der Waals surface area contributed by atoms with Crippen molar-refractivity contribution in [2.75, 3.05) is 0 Å². The van der Waals surface area contributed by atoms with E-state index in [4.69, 9.17) is 0 Å². The number of likely N-dealkylation sites (tertiary alicyclic amines) is 1. The van der Waals surface area contributed by atoms with E-state index in [0.29, 0.717) is 16.9 Å². The summed E-state index contributed by atoms with van der Waals surface area (Å²) in [7, 11) is 0. The molecule has 1 heterocycles. The first kappa shape index (κ1) is 14.0. The van der Waals surface area contributed by atoms with Gasteiger partial charge in [-0.15, -0.1) is 0 Å². The average Bonchev–Trinajstić information content (AvgIpc) is 2.43. The molecule has 1 rings (SSSR count). The minimum absolute atomic E-state index is 0.407. The van der Waals surface area contributed by atoms with Crippen molar-refractivity contribution < 1.29 is 0 Å². The summed E-state index contributed by atoms with van der Waals surface area (Å²) in [6, 6.07) is 2.16. The van der Waals surface area contributed by atoms with Gasteiger partial charge in [-0.2, -0.15) is 0 Å². The van der Waals surface area contributed by atoms with Crippen LogP contribution in [0.25, 0.3) is 0 Å². The lowest BCUT2D eigenvalue weighted by atomic mass is 9.84. The van der Waals surface area contributed by atoms with Gasteiger partial charge >= 0.3 is 0 Å². The Bertz CT molecular complexity index is 207. The number of hydrogen-bond donors (Lipinski definition) is 0. The quantitative estimate of drug-likeness (QED) is 0.642. The van der Waals surface area contributed by atoms with Crippen LogP contribution in [0, 0.1) is 10.8 Å². The standard InChI is InChI=1S/C15H31N/c1-11(2)16-12(14(3,4)5)9-10-13(16)15(6,7)8/h11-13H,9-10H2,1-8H3. The molecule has 1 heteroatoms. The average molecular weight is 225 g/mol. The Balaban J connectivity index is 2.94. The fourth-order valence-electron chi connectivity index (χ4n) is 3.31. The summed E-state index contributed by atoms with van der Waals surface area (Å²) < 4.78 is 0. The van der Waals surface area contributed by atoms with Crippen LogP contribution in [0.3, 0.4) is 0 Å². The fraction of sp³-hybridized carbons (Fsp3) is 1.00. The highest BCUT2D eigenvalue weighted by atomic mass is 15.2. The molecule has 96 valence electrons. The van der Waals surface area contributed by atoms with E-state index in [1.54, 1.807) is 0 Å². The Morgan fingerprint density at radius 1 is 0.812 bits per heavy atom. The van der Waals surface area contributed by atoms with Gasteiger partial charge in [0.05, 0.1) is 0 Å². The van der Waals surface area contributed by atoms with E-state index >= 15 is 0 Å². The van der Waals surface area contributed by atoms with Crippen molar-refractivity contribution in [2.24, 2.45) is 10.8 Å². The van der Waals surface area contributed by atoms with Crippen molar-refractivity contribution >= 4 is 0 Å². The molecular formula is C15H31N. The van der Waals surface area contributed by atoms with Gasteiger partial charge in [0.1, 0.15) is 0 Å². The van der Waals surface area contributed by atoms with Crippen molar-refractivity contribution in [3.63, 3.8) is 0 Å². The second kappa shape index (κ2) is 4.33. The summed E-state index contributed by atoms with van der Waals surface area (Å²) >= 11 is 0. The molecule has 0 spiro atoms. The van der Waals surface area contributed by atoms with Gasteiger partial charge in [-0.3, -0.25) is 4.90 Å². The molecule has 0 aromatic rings. The van der Waals surface area contributed by atoms with Crippen molar-refractivity contribution in [3.8, 4) is 0 Å². The van der Waals surface area contributed by atoms with Gasteiger partial charge < -0.3 is 0 Å². The van der Waals surface area contributed by atoms with Crippen molar-refractivity contribution in [2.45, 2.75) is 86.4 Å². The summed E-state index contributed by atoms with van der Waals surface area (Å²) in [4.78, 5) is 2.78. The Morgan fingerprint density at radius 2 is 1.12 bits per heavy atom. The van der Waals surface area contributed by atoms with Crippen molar-refractivity contribution in [3.05, 3.63) is 0 Å². The van der Waals surface area contributed by atoms with Crippen LogP contribution in [-0.2, 0) is 0 Å². The van der Waals surface area contributed by atoms with Crippen LogP contribution in [0.5, 0.6) is 0 Å². The predicted molar refractivity (Wildman–Crippen MR) is 72.7 cm³/mol. The predicted octanol–water partition coefficient (Wildman–Crippen LogP) is 4.32. The summed E-state index contributed by atoms with van der Waals surface area (Å²) in [6.07, 6.45) is 2.73. The highest BCUT2D eigenvalue weighted by molar-refractivity contribution is 4.99. The fourth-order valence-corrected chi connectivity index (χ4v) is 3.31. The molecule has 1 aliphatic rings. The molecule has 2 unspecified atom stereocenters. The van der Waals surface area contributed by atoms with Gasteiger partial charge in [-0.05, 0) is 37.5 Å². The lowest BCUT2D eigenvalue weighted by Crippen LogP contribution is -2.50. The second-order valence-electron chi connectivity index (χ2n) is 7.88. The first-order valence-corrected chi connectivity index (χ1v) is 6.82. The summed E-state index contributed by atoms with van der Waals surface area (Å²) in [6.45, 7) is 19.0. The minimum Gasteiger partial charge on any atom is -0.294 e. The summed E-state index contributed by atoms with van der Waals surface area (Å²) in [5.41, 5.74) is 0.814. The Kier molecular flexibility index (Phi) is 3.79. The molecule has 16 heavy (non-hydrogen) atoms. The molecule has 2 atom stereocenters. The zero-order chi connectivity index (χ0) is 12.7. The Morgan fingerprint density at radius 3 is 1.31 bits per heavy atom. The van der Waals surface area contributed by atoms with Gasteiger partial charge in [0.15, 0.2) is 0 Å². The third kappa shape index (κ3) is 2.80. The SMILES string of the molecule is CC(C)N1C(C(C)(C)C)CCC1C(C)(C)C. The number of rotatable bonds is 1. The van der Waals surface area contributed by atoms with Crippen molar-refractivity contribution in [1.29, 1.82) is 0 Å². The zero-order valence-electron chi connectivity index (χ0n) is 12.6. The van der Waals surface area contributed by atoms with Crippen LogP contribution in [0.15, 0.2) is 0 Å². The molecule has 1 fully saturated rings. The normalized spacial score (nSPS) is 29.1. The molecule has 0 N–H and O–H groups in total. The molecule has 1 nitrogen and oxygen atoms in total. The largest absolute Gasteiger partial charge is 0.294 e. The Labute approximate surface area is 103 Å². The highest BCUT2D eigenvalue weighted by Gasteiger charge is 2.45. The first-order chi connectivity index (χ1) is 7.05.